The summed E-state index contributed by atoms with van der Waals surface area (Å²) < 4.78 is 38.6. The van der Waals surface area contributed by atoms with E-state index in [1.165, 1.54) is 6.07 Å². The molecule has 0 amide bonds. The van der Waals surface area contributed by atoms with E-state index in [4.69, 9.17) is 4.11 Å². The second-order valence-electron chi connectivity index (χ2n) is 2.11. The number of hydrogen-bond acceptors (Lipinski definition) is 1. The Morgan fingerprint density at radius 1 is 1.64 bits per heavy atom. The minimum absolute atomic E-state index is 0.0249. The Bertz CT molecular complexity index is 351. The smallest absolute Gasteiger partial charge is 0.128 e. The van der Waals surface area contributed by atoms with Crippen molar-refractivity contribution in [2.24, 2.45) is 0 Å². The molecule has 0 radical (unpaired) electrons. The number of benzene rings is 1. The molecule has 3 heteroatoms. The van der Waals surface area contributed by atoms with Crippen LogP contribution in [0.3, 0.4) is 0 Å². The normalized spacial score (nSPS) is 15.0. The van der Waals surface area contributed by atoms with E-state index in [0.29, 0.717) is 10.0 Å². The first kappa shape index (κ1) is 5.14. The zero-order chi connectivity index (χ0) is 10.9. The first-order chi connectivity index (χ1) is 6.29. The summed E-state index contributed by atoms with van der Waals surface area (Å²) in [6.45, 7) is 1.64. The van der Waals surface area contributed by atoms with Crippen LogP contribution in [0.5, 0.6) is 5.75 Å². The molecule has 1 rings (SSSR count). The molecule has 0 N–H and O–H groups in total. The maximum Gasteiger partial charge on any atom is 0.128 e. The van der Waals surface area contributed by atoms with Crippen LogP contribution < -0.4 is 4.74 Å². The Balaban J connectivity index is 3.09. The van der Waals surface area contributed by atoms with Crippen molar-refractivity contribution in [3.8, 4) is 5.75 Å². The fraction of sp³-hybridized carbons (Fsp3) is 0.250. The summed E-state index contributed by atoms with van der Waals surface area (Å²) in [5.74, 6) is -0.515. The lowest BCUT2D eigenvalue weighted by molar-refractivity contribution is 0.407. The van der Waals surface area contributed by atoms with Gasteiger partial charge in [0.25, 0.3) is 0 Å². The summed E-state index contributed by atoms with van der Waals surface area (Å²) in [6, 6.07) is 2.30. The van der Waals surface area contributed by atoms with E-state index in [-0.39, 0.29) is 5.75 Å². The molecular weight excluding hydrogens is 211 g/mol. The molecule has 0 saturated heterocycles. The van der Waals surface area contributed by atoms with Gasteiger partial charge in [0, 0.05) is 16.1 Å². The molecule has 0 aliphatic rings. The molecular formula is C8H8BrFO. The summed E-state index contributed by atoms with van der Waals surface area (Å²) in [5, 5.41) is 0. The molecule has 60 valence electrons. The van der Waals surface area contributed by atoms with E-state index in [1.54, 1.807) is 6.92 Å². The van der Waals surface area contributed by atoms with Gasteiger partial charge < -0.3 is 4.74 Å². The van der Waals surface area contributed by atoms with Crippen LogP contribution >= 0.6 is 15.9 Å². The molecule has 11 heavy (non-hydrogen) atoms. The van der Waals surface area contributed by atoms with Gasteiger partial charge in [-0.3, -0.25) is 0 Å². The van der Waals surface area contributed by atoms with Crippen molar-refractivity contribution < 1.29 is 13.2 Å². The quantitative estimate of drug-likeness (QED) is 0.709. The number of halogens is 2. The van der Waals surface area contributed by atoms with Crippen molar-refractivity contribution in [3.63, 3.8) is 0 Å². The van der Waals surface area contributed by atoms with Gasteiger partial charge in [-0.15, -0.1) is 0 Å². The highest BCUT2D eigenvalue weighted by Crippen LogP contribution is 2.26. The zero-order valence-corrected chi connectivity index (χ0v) is 7.40. The van der Waals surface area contributed by atoms with E-state index in [0.717, 1.165) is 6.07 Å². The van der Waals surface area contributed by atoms with Crippen LogP contribution in [0.15, 0.2) is 16.6 Å². The predicted octanol–water partition coefficient (Wildman–Crippen LogP) is 2.91. The summed E-state index contributed by atoms with van der Waals surface area (Å²) in [6.07, 6.45) is 0. The molecule has 1 nitrogen and oxygen atoms in total. The van der Waals surface area contributed by atoms with Crippen LogP contribution in [-0.2, 0) is 0 Å². The first-order valence-electron chi connectivity index (χ1n) is 4.44. The molecule has 0 atom stereocenters. The lowest BCUT2D eigenvalue weighted by atomic mass is 10.2. The van der Waals surface area contributed by atoms with Crippen LogP contribution in [-0.4, -0.2) is 7.04 Å². The topological polar surface area (TPSA) is 9.23 Å². The van der Waals surface area contributed by atoms with Crippen molar-refractivity contribution in [1.82, 2.24) is 0 Å². The molecule has 0 fully saturated rings. The molecule has 0 heterocycles. The van der Waals surface area contributed by atoms with Gasteiger partial charge in [-0.2, -0.15) is 0 Å². The molecule has 0 aliphatic carbocycles. The highest BCUT2D eigenvalue weighted by molar-refractivity contribution is 9.10. The Morgan fingerprint density at radius 3 is 3.00 bits per heavy atom. The van der Waals surface area contributed by atoms with Crippen LogP contribution in [0.2, 0.25) is 0 Å². The van der Waals surface area contributed by atoms with Crippen molar-refractivity contribution in [1.29, 1.82) is 0 Å². The van der Waals surface area contributed by atoms with Gasteiger partial charge in [0.1, 0.15) is 11.6 Å². The average molecular weight is 222 g/mol. The van der Waals surface area contributed by atoms with Crippen molar-refractivity contribution in [2.75, 3.05) is 7.04 Å². The molecule has 0 aromatic heterocycles. The van der Waals surface area contributed by atoms with Crippen molar-refractivity contribution >= 4 is 15.9 Å². The number of rotatable bonds is 1. The second-order valence-corrected chi connectivity index (χ2v) is 2.97. The summed E-state index contributed by atoms with van der Waals surface area (Å²) in [4.78, 5) is 0. The highest BCUT2D eigenvalue weighted by Gasteiger charge is 2.04. The Hall–Kier alpha value is -0.570. The van der Waals surface area contributed by atoms with Crippen LogP contribution in [0.4, 0.5) is 4.39 Å². The van der Waals surface area contributed by atoms with Crippen molar-refractivity contribution in [3.05, 3.63) is 28.0 Å². The van der Waals surface area contributed by atoms with Gasteiger partial charge in [-0.05, 0) is 13.0 Å². The second kappa shape index (κ2) is 3.22. The van der Waals surface area contributed by atoms with E-state index in [9.17, 15) is 4.39 Å². The van der Waals surface area contributed by atoms with Crippen LogP contribution in [0.1, 0.15) is 9.68 Å². The summed E-state index contributed by atoms with van der Waals surface area (Å²) in [7, 11) is -2.56. The minimum atomic E-state index is -2.56. The number of hydrogen-bond donors (Lipinski definition) is 0. The van der Waals surface area contributed by atoms with Gasteiger partial charge in [-0.1, -0.05) is 15.9 Å². The lowest BCUT2D eigenvalue weighted by Crippen LogP contribution is -1.89. The van der Waals surface area contributed by atoms with Crippen molar-refractivity contribution in [2.45, 2.75) is 6.92 Å². The Morgan fingerprint density at radius 2 is 2.36 bits per heavy atom. The third kappa shape index (κ3) is 1.71. The predicted molar refractivity (Wildman–Crippen MR) is 45.4 cm³/mol. The Kier molecular flexibility index (Phi) is 1.50. The number of methoxy groups -OCH3 is 1. The third-order valence-electron chi connectivity index (χ3n) is 1.37. The maximum atomic E-state index is 12.9. The SMILES string of the molecule is [2H]C([2H])([2H])Oc1cc(F)cc(Br)c1C. The van der Waals surface area contributed by atoms with Crippen LogP contribution in [0.25, 0.3) is 0 Å². The summed E-state index contributed by atoms with van der Waals surface area (Å²) in [5.41, 5.74) is 0.558. The molecule has 0 bridgehead atoms. The van der Waals surface area contributed by atoms with E-state index >= 15 is 0 Å². The summed E-state index contributed by atoms with van der Waals surface area (Å²) >= 11 is 3.10. The first-order valence-corrected chi connectivity index (χ1v) is 3.73. The highest BCUT2D eigenvalue weighted by atomic mass is 79.9. The molecule has 0 aliphatic heterocycles. The lowest BCUT2D eigenvalue weighted by Gasteiger charge is -2.05. The number of ether oxygens (including phenoxy) is 1. The van der Waals surface area contributed by atoms with Gasteiger partial charge in [0.2, 0.25) is 0 Å². The van der Waals surface area contributed by atoms with Gasteiger partial charge in [-0.25, -0.2) is 4.39 Å². The van der Waals surface area contributed by atoms with E-state index in [2.05, 4.69) is 20.7 Å². The van der Waals surface area contributed by atoms with E-state index in [1.807, 2.05) is 0 Å². The maximum absolute atomic E-state index is 12.9. The molecule has 0 unspecified atom stereocenters. The van der Waals surface area contributed by atoms with Gasteiger partial charge in [0.15, 0.2) is 0 Å². The molecule has 0 spiro atoms. The third-order valence-corrected chi connectivity index (χ3v) is 2.20. The Labute approximate surface area is 77.5 Å². The fourth-order valence-electron chi connectivity index (χ4n) is 0.728. The monoisotopic (exact) mass is 221 g/mol. The van der Waals surface area contributed by atoms with Gasteiger partial charge >= 0.3 is 0 Å². The van der Waals surface area contributed by atoms with Gasteiger partial charge in [0.05, 0.1) is 11.2 Å². The molecule has 1 aromatic rings. The largest absolute Gasteiger partial charge is 0.496 e. The minimum Gasteiger partial charge on any atom is -0.496 e. The average Bonchev–Trinajstić information content (AvgIpc) is 1.96. The standard InChI is InChI=1S/C8H8BrFO/c1-5-7(9)3-6(10)4-8(5)11-2/h3-4H,1-2H3/i2D3. The zero-order valence-electron chi connectivity index (χ0n) is 8.82. The molecule has 1 aromatic carbocycles. The van der Waals surface area contributed by atoms with Crippen LogP contribution in [0, 0.1) is 12.7 Å². The molecule has 0 saturated carbocycles. The van der Waals surface area contributed by atoms with E-state index < -0.39 is 12.9 Å². The fourth-order valence-corrected chi connectivity index (χ4v) is 1.14.